The van der Waals surface area contributed by atoms with Gasteiger partial charge >= 0.3 is 0 Å². The zero-order valence-electron chi connectivity index (χ0n) is 13.4. The summed E-state index contributed by atoms with van der Waals surface area (Å²) in [6.45, 7) is 0. The first-order valence-corrected chi connectivity index (χ1v) is 9.41. The van der Waals surface area contributed by atoms with E-state index in [2.05, 4.69) is 16.1 Å². The van der Waals surface area contributed by atoms with Gasteiger partial charge in [-0.3, -0.25) is 4.79 Å². The highest BCUT2D eigenvalue weighted by atomic mass is 32.2. The first kappa shape index (κ1) is 16.7. The third-order valence-electron chi connectivity index (χ3n) is 4.26. The molecule has 2 N–H and O–H groups in total. The topological polar surface area (TPSA) is 88.4 Å². The Morgan fingerprint density at radius 1 is 1.17 bits per heavy atom. The molecule has 6 nitrogen and oxygen atoms in total. The number of amides is 1. The maximum atomic E-state index is 12.4. The van der Waals surface area contributed by atoms with Crippen molar-refractivity contribution in [3.63, 3.8) is 0 Å². The van der Waals surface area contributed by atoms with Crippen molar-refractivity contribution in [2.75, 3.05) is 7.05 Å². The highest BCUT2D eigenvalue weighted by Crippen LogP contribution is 2.29. The van der Waals surface area contributed by atoms with E-state index in [-0.39, 0.29) is 16.9 Å². The second-order valence-corrected chi connectivity index (χ2v) is 7.61. The molecule has 0 fully saturated rings. The fraction of sp³-hybridized carbons (Fsp3) is 0.353. The molecule has 128 valence electrons. The van der Waals surface area contributed by atoms with Crippen LogP contribution in [0.15, 0.2) is 45.9 Å². The Labute approximate surface area is 141 Å². The van der Waals surface area contributed by atoms with E-state index in [4.69, 9.17) is 4.42 Å². The van der Waals surface area contributed by atoms with Crippen molar-refractivity contribution in [1.82, 2.24) is 10.0 Å². The molecule has 1 aromatic carbocycles. The van der Waals surface area contributed by atoms with Crippen LogP contribution in [-0.2, 0) is 16.4 Å². The first-order chi connectivity index (χ1) is 11.5. The number of nitrogens with one attached hydrogen (secondary N) is 2. The zero-order valence-corrected chi connectivity index (χ0v) is 14.2. The summed E-state index contributed by atoms with van der Waals surface area (Å²) in [5, 5.41) is 2.70. The van der Waals surface area contributed by atoms with Gasteiger partial charge in [-0.25, -0.2) is 13.1 Å². The Hall–Kier alpha value is -2.12. The van der Waals surface area contributed by atoms with E-state index in [9.17, 15) is 13.2 Å². The summed E-state index contributed by atoms with van der Waals surface area (Å²) >= 11 is 0. The Morgan fingerprint density at radius 2 is 1.96 bits per heavy atom. The maximum absolute atomic E-state index is 12.4. The number of carbonyl (C=O) groups excluding carboxylic acids is 1. The summed E-state index contributed by atoms with van der Waals surface area (Å²) in [6, 6.07) is 10.7. The molecule has 1 amide bonds. The van der Waals surface area contributed by atoms with Crippen LogP contribution in [-0.4, -0.2) is 21.4 Å². The average Bonchev–Trinajstić information content (AvgIpc) is 3.01. The van der Waals surface area contributed by atoms with Crippen LogP contribution >= 0.6 is 0 Å². The number of sulfonamides is 1. The molecule has 1 aliphatic rings. The minimum absolute atomic E-state index is 0.00875. The van der Waals surface area contributed by atoms with Gasteiger partial charge in [0.1, 0.15) is 0 Å². The van der Waals surface area contributed by atoms with Gasteiger partial charge in [0.05, 0.1) is 6.04 Å². The lowest BCUT2D eigenvalue weighted by Gasteiger charge is -2.18. The molecule has 1 heterocycles. The summed E-state index contributed by atoms with van der Waals surface area (Å²) in [7, 11) is -2.40. The lowest BCUT2D eigenvalue weighted by atomic mass is 9.99. The van der Waals surface area contributed by atoms with Crippen LogP contribution < -0.4 is 10.0 Å². The average molecular weight is 348 g/mol. The third kappa shape index (κ3) is 3.37. The lowest BCUT2D eigenvalue weighted by Crippen LogP contribution is -2.28. The van der Waals surface area contributed by atoms with E-state index in [1.54, 1.807) is 0 Å². The molecule has 0 spiro atoms. The molecule has 0 saturated carbocycles. The summed E-state index contributed by atoms with van der Waals surface area (Å²) in [5.41, 5.74) is 2.37. The van der Waals surface area contributed by atoms with Crippen LogP contribution in [0.25, 0.3) is 0 Å². The molecule has 0 bridgehead atoms. The highest BCUT2D eigenvalue weighted by Gasteiger charge is 2.24. The fourth-order valence-electron chi connectivity index (χ4n) is 2.99. The molecule has 1 atom stereocenters. The number of benzene rings is 1. The number of hydrogen-bond acceptors (Lipinski definition) is 4. The Balaban J connectivity index is 1.80. The highest BCUT2D eigenvalue weighted by molar-refractivity contribution is 7.89. The van der Waals surface area contributed by atoms with Crippen LogP contribution in [0.1, 0.15) is 47.0 Å². The smallest absolute Gasteiger partial charge is 0.287 e. The van der Waals surface area contributed by atoms with Gasteiger partial charge in [0.2, 0.25) is 5.09 Å². The summed E-state index contributed by atoms with van der Waals surface area (Å²) in [4.78, 5) is 12.4. The number of fused-ring (bicyclic) bond motifs is 1. The van der Waals surface area contributed by atoms with Gasteiger partial charge in [0.15, 0.2) is 5.76 Å². The van der Waals surface area contributed by atoms with Gasteiger partial charge in [0.25, 0.3) is 15.9 Å². The second-order valence-electron chi connectivity index (χ2n) is 5.80. The van der Waals surface area contributed by atoms with Crippen molar-refractivity contribution in [2.24, 2.45) is 0 Å². The number of hydrogen-bond donors (Lipinski definition) is 2. The summed E-state index contributed by atoms with van der Waals surface area (Å²) in [6.07, 6.45) is 3.98. The third-order valence-corrected chi connectivity index (χ3v) is 5.55. The molecule has 0 aliphatic heterocycles. The van der Waals surface area contributed by atoms with E-state index >= 15 is 0 Å². The largest absolute Gasteiger partial charge is 0.438 e. The van der Waals surface area contributed by atoms with Crippen LogP contribution in [0.3, 0.4) is 0 Å². The molecule has 0 saturated heterocycles. The van der Waals surface area contributed by atoms with Gasteiger partial charge < -0.3 is 9.73 Å². The van der Waals surface area contributed by atoms with Gasteiger partial charge in [-0.15, -0.1) is 0 Å². The summed E-state index contributed by atoms with van der Waals surface area (Å²) in [5.74, 6) is -0.417. The summed E-state index contributed by atoms with van der Waals surface area (Å²) < 4.78 is 30.8. The first-order valence-electron chi connectivity index (χ1n) is 7.93. The zero-order chi connectivity index (χ0) is 17.2. The lowest BCUT2D eigenvalue weighted by molar-refractivity contribution is 0.0901. The molecule has 1 aliphatic carbocycles. The monoisotopic (exact) mass is 348 g/mol. The minimum atomic E-state index is -3.70. The number of furan rings is 1. The Morgan fingerprint density at radius 3 is 2.75 bits per heavy atom. The minimum Gasteiger partial charge on any atom is -0.438 e. The van der Waals surface area contributed by atoms with Crippen LogP contribution in [0.2, 0.25) is 0 Å². The van der Waals surface area contributed by atoms with Gasteiger partial charge in [-0.2, -0.15) is 0 Å². The van der Waals surface area contributed by atoms with E-state index in [0.29, 0.717) is 0 Å². The molecular weight excluding hydrogens is 328 g/mol. The predicted octanol–water partition coefficient (Wildman–Crippen LogP) is 2.39. The van der Waals surface area contributed by atoms with Crippen LogP contribution in [0.5, 0.6) is 0 Å². The van der Waals surface area contributed by atoms with Crippen LogP contribution in [0.4, 0.5) is 0 Å². The molecule has 0 radical (unpaired) electrons. The standard InChI is InChI=1S/C17H20N2O4S/c1-18-24(21,22)16-11-10-15(23-16)17(20)19-14-9-5-3-7-12-6-2-4-8-13(12)14/h2,4,6,8,10-11,14,18H,3,5,7,9H2,1H3,(H,19,20)/t14-/m1/s1. The Bertz CT molecular complexity index is 842. The number of rotatable bonds is 4. The van der Waals surface area contributed by atoms with Gasteiger partial charge in [-0.05, 0) is 49.6 Å². The molecule has 24 heavy (non-hydrogen) atoms. The SMILES string of the molecule is CNS(=O)(=O)c1ccc(C(=O)N[C@@H]2CCCCc3ccccc32)o1. The number of carbonyl (C=O) groups is 1. The fourth-order valence-corrected chi connectivity index (χ4v) is 3.64. The number of aryl methyl sites for hydroxylation is 1. The van der Waals surface area contributed by atoms with Crippen molar-refractivity contribution >= 4 is 15.9 Å². The maximum Gasteiger partial charge on any atom is 0.287 e. The van der Waals surface area contributed by atoms with E-state index < -0.39 is 15.9 Å². The van der Waals surface area contributed by atoms with E-state index in [1.807, 2.05) is 18.2 Å². The van der Waals surface area contributed by atoms with Crippen molar-refractivity contribution in [1.29, 1.82) is 0 Å². The second kappa shape index (κ2) is 6.78. The predicted molar refractivity (Wildman–Crippen MR) is 89.2 cm³/mol. The van der Waals surface area contributed by atoms with Crippen molar-refractivity contribution in [3.05, 3.63) is 53.3 Å². The van der Waals surface area contributed by atoms with Gasteiger partial charge in [-0.1, -0.05) is 30.7 Å². The van der Waals surface area contributed by atoms with Crippen molar-refractivity contribution in [3.8, 4) is 0 Å². The van der Waals surface area contributed by atoms with E-state index in [0.717, 1.165) is 31.2 Å². The quantitative estimate of drug-likeness (QED) is 0.831. The molecule has 3 rings (SSSR count). The molecule has 7 heteroatoms. The van der Waals surface area contributed by atoms with E-state index in [1.165, 1.54) is 24.7 Å². The molecule has 2 aromatic rings. The molecule has 0 unspecified atom stereocenters. The van der Waals surface area contributed by atoms with Gasteiger partial charge in [0, 0.05) is 0 Å². The Kier molecular flexibility index (Phi) is 4.73. The molecular formula is C17H20N2O4S. The van der Waals surface area contributed by atoms with Crippen molar-refractivity contribution < 1.29 is 17.6 Å². The normalized spacial score (nSPS) is 17.8. The van der Waals surface area contributed by atoms with Crippen molar-refractivity contribution in [2.45, 2.75) is 36.8 Å². The van der Waals surface area contributed by atoms with Crippen LogP contribution in [0, 0.1) is 0 Å². The molecule has 1 aromatic heterocycles.